The van der Waals surface area contributed by atoms with E-state index in [2.05, 4.69) is 21.0 Å². The van der Waals surface area contributed by atoms with Crippen molar-refractivity contribution < 1.29 is 19.2 Å². The smallest absolute Gasteiger partial charge is 0.262 e. The van der Waals surface area contributed by atoms with Crippen molar-refractivity contribution in [2.24, 2.45) is 0 Å². The molecular weight excluding hydrogens is 424 g/mol. The molecule has 0 spiro atoms. The minimum absolute atomic E-state index is 0.0998. The number of fused-ring (bicyclic) bond motifs is 1. The molecule has 4 heterocycles. The molecule has 2 fully saturated rings. The van der Waals surface area contributed by atoms with Gasteiger partial charge in [-0.3, -0.25) is 34.1 Å². The summed E-state index contributed by atoms with van der Waals surface area (Å²) in [6.07, 6.45) is 5.85. The van der Waals surface area contributed by atoms with E-state index in [1.165, 1.54) is 0 Å². The minimum Gasteiger partial charge on any atom is -0.317 e. The van der Waals surface area contributed by atoms with Gasteiger partial charge in [-0.15, -0.1) is 0 Å². The lowest BCUT2D eigenvalue weighted by Crippen LogP contribution is -2.54. The fourth-order valence-electron chi connectivity index (χ4n) is 5.09. The largest absolute Gasteiger partial charge is 0.317 e. The second kappa shape index (κ2) is 8.53. The molecule has 3 aliphatic heterocycles. The van der Waals surface area contributed by atoms with E-state index >= 15 is 0 Å². The second-order valence-corrected chi connectivity index (χ2v) is 8.82. The Kier molecular flexibility index (Phi) is 5.55. The number of amides is 4. The lowest BCUT2D eigenvalue weighted by Gasteiger charge is -2.38. The number of piperidine rings is 2. The molecule has 10 heteroatoms. The lowest BCUT2D eigenvalue weighted by atomic mass is 9.88. The monoisotopic (exact) mass is 450 g/mol. The number of imide groups is 2. The van der Waals surface area contributed by atoms with Crippen LogP contribution in [0.4, 0.5) is 0 Å². The molecule has 1 aromatic carbocycles. The van der Waals surface area contributed by atoms with Crippen molar-refractivity contribution in [3.8, 4) is 0 Å². The van der Waals surface area contributed by atoms with Crippen LogP contribution in [0.3, 0.4) is 0 Å². The van der Waals surface area contributed by atoms with Gasteiger partial charge in [-0.2, -0.15) is 5.10 Å². The summed E-state index contributed by atoms with van der Waals surface area (Å²) in [4.78, 5) is 51.1. The fourth-order valence-corrected chi connectivity index (χ4v) is 5.09. The van der Waals surface area contributed by atoms with Crippen LogP contribution in [0.1, 0.15) is 52.0 Å². The molecule has 1 atom stereocenters. The van der Waals surface area contributed by atoms with Crippen molar-refractivity contribution >= 4 is 23.6 Å². The van der Waals surface area contributed by atoms with E-state index in [-0.39, 0.29) is 24.3 Å². The molecule has 3 N–H and O–H groups in total. The van der Waals surface area contributed by atoms with Gasteiger partial charge in [-0.1, -0.05) is 12.1 Å². The van der Waals surface area contributed by atoms with Crippen molar-refractivity contribution in [3.63, 3.8) is 0 Å². The van der Waals surface area contributed by atoms with Crippen LogP contribution in [0.25, 0.3) is 0 Å². The normalized spacial score (nSPS) is 22.4. The molecular formula is C23H26N6O4. The van der Waals surface area contributed by atoms with Crippen LogP contribution in [-0.2, 0) is 21.7 Å². The Balaban J connectivity index is 1.34. The van der Waals surface area contributed by atoms with Crippen LogP contribution in [0.5, 0.6) is 0 Å². The molecule has 1 aromatic heterocycles. The summed E-state index contributed by atoms with van der Waals surface area (Å²) in [5, 5.41) is 13.6. The Morgan fingerprint density at radius 2 is 1.91 bits per heavy atom. The number of hydrogen-bond donors (Lipinski definition) is 3. The predicted octanol–water partition coefficient (Wildman–Crippen LogP) is 0.153. The van der Waals surface area contributed by atoms with E-state index in [0.29, 0.717) is 29.8 Å². The Labute approximate surface area is 190 Å². The number of benzene rings is 1. The first-order valence-corrected chi connectivity index (χ1v) is 11.3. The molecule has 172 valence electrons. The summed E-state index contributed by atoms with van der Waals surface area (Å²) in [7, 11) is 0. The molecule has 0 radical (unpaired) electrons. The van der Waals surface area contributed by atoms with Crippen LogP contribution < -0.4 is 16.0 Å². The molecule has 10 nitrogen and oxygen atoms in total. The highest BCUT2D eigenvalue weighted by molar-refractivity contribution is 6.24. The van der Waals surface area contributed by atoms with E-state index in [1.807, 2.05) is 23.0 Å². The first kappa shape index (κ1) is 21.5. The van der Waals surface area contributed by atoms with Gasteiger partial charge in [-0.25, -0.2) is 0 Å². The van der Waals surface area contributed by atoms with Crippen molar-refractivity contribution in [1.29, 1.82) is 0 Å². The molecule has 4 amide bonds. The summed E-state index contributed by atoms with van der Waals surface area (Å²) >= 11 is 0. The number of nitrogens with one attached hydrogen (secondary N) is 3. The Hall–Kier alpha value is -3.37. The van der Waals surface area contributed by atoms with E-state index in [1.54, 1.807) is 18.3 Å². The van der Waals surface area contributed by atoms with Gasteiger partial charge in [0.05, 0.1) is 16.7 Å². The predicted molar refractivity (Wildman–Crippen MR) is 117 cm³/mol. The molecule has 1 unspecified atom stereocenters. The number of hydrogen-bond acceptors (Lipinski definition) is 7. The van der Waals surface area contributed by atoms with Crippen molar-refractivity contribution in [1.82, 2.24) is 30.6 Å². The highest BCUT2D eigenvalue weighted by Gasteiger charge is 2.45. The van der Waals surface area contributed by atoms with Gasteiger partial charge in [0.1, 0.15) is 6.04 Å². The van der Waals surface area contributed by atoms with Crippen molar-refractivity contribution in [2.45, 2.75) is 43.8 Å². The highest BCUT2D eigenvalue weighted by atomic mass is 16.2. The Morgan fingerprint density at radius 3 is 2.64 bits per heavy atom. The summed E-state index contributed by atoms with van der Waals surface area (Å²) < 4.78 is 2.01. The molecule has 0 saturated carbocycles. The summed E-state index contributed by atoms with van der Waals surface area (Å²) in [5.74, 6) is -1.96. The third-order valence-electron chi connectivity index (χ3n) is 6.85. The number of carbonyl (C=O) groups excluding carboxylic acids is 4. The third-order valence-corrected chi connectivity index (χ3v) is 6.85. The summed E-state index contributed by atoms with van der Waals surface area (Å²) in [5.41, 5.74) is 1.18. The standard InChI is InChI=1S/C23H26N6O4/c30-18-6-5-17(20(31)27-18)29-21(32)16-4-1-3-15(19(16)22(29)33)13-25-14-23(7-10-24-11-8-23)28-12-2-9-26-28/h1-4,9,12,17,24-25H,5-8,10-11,13-14H2,(H,27,30,31). The average molecular weight is 450 g/mol. The van der Waals surface area contributed by atoms with Gasteiger partial charge >= 0.3 is 0 Å². The van der Waals surface area contributed by atoms with E-state index in [9.17, 15) is 19.2 Å². The van der Waals surface area contributed by atoms with Gasteiger partial charge in [0.2, 0.25) is 11.8 Å². The van der Waals surface area contributed by atoms with Crippen LogP contribution >= 0.6 is 0 Å². The van der Waals surface area contributed by atoms with Gasteiger partial charge in [0, 0.05) is 31.9 Å². The number of carbonyl (C=O) groups is 4. The maximum absolute atomic E-state index is 13.3. The molecule has 2 saturated heterocycles. The highest BCUT2D eigenvalue weighted by Crippen LogP contribution is 2.30. The van der Waals surface area contributed by atoms with E-state index in [4.69, 9.17) is 0 Å². The van der Waals surface area contributed by atoms with Gasteiger partial charge in [-0.05, 0) is 50.0 Å². The molecule has 2 aromatic rings. The average Bonchev–Trinajstić information content (AvgIpc) is 3.44. The van der Waals surface area contributed by atoms with Gasteiger partial charge in [0.25, 0.3) is 11.8 Å². The second-order valence-electron chi connectivity index (χ2n) is 8.82. The van der Waals surface area contributed by atoms with Crippen LogP contribution in [0.2, 0.25) is 0 Å². The zero-order valence-electron chi connectivity index (χ0n) is 18.2. The number of aromatic nitrogens is 2. The maximum Gasteiger partial charge on any atom is 0.262 e. The molecule has 0 bridgehead atoms. The Morgan fingerprint density at radius 1 is 1.09 bits per heavy atom. The van der Waals surface area contributed by atoms with Crippen LogP contribution in [0, 0.1) is 0 Å². The minimum atomic E-state index is -0.964. The topological polar surface area (TPSA) is 125 Å². The molecule has 3 aliphatic rings. The van der Waals surface area contributed by atoms with Crippen molar-refractivity contribution in [3.05, 3.63) is 53.3 Å². The lowest BCUT2D eigenvalue weighted by molar-refractivity contribution is -0.136. The van der Waals surface area contributed by atoms with Crippen molar-refractivity contribution in [2.75, 3.05) is 19.6 Å². The third kappa shape index (κ3) is 3.75. The molecule has 33 heavy (non-hydrogen) atoms. The molecule has 5 rings (SSSR count). The zero-order chi connectivity index (χ0) is 23.0. The quantitative estimate of drug-likeness (QED) is 0.535. The first-order valence-electron chi connectivity index (χ1n) is 11.3. The van der Waals surface area contributed by atoms with Crippen LogP contribution in [0.15, 0.2) is 36.7 Å². The number of nitrogens with zero attached hydrogens (tertiary/aromatic N) is 3. The maximum atomic E-state index is 13.3. The van der Waals surface area contributed by atoms with E-state index < -0.39 is 23.8 Å². The SMILES string of the molecule is O=C1CCC(N2C(=O)c3cccc(CNCC4(n5cccn5)CCNCC4)c3C2=O)C(=O)N1. The Bertz CT molecular complexity index is 1110. The zero-order valence-corrected chi connectivity index (χ0v) is 18.2. The summed E-state index contributed by atoms with van der Waals surface area (Å²) in [6.45, 7) is 2.87. The fraction of sp³-hybridized carbons (Fsp3) is 0.435. The molecule has 0 aliphatic carbocycles. The van der Waals surface area contributed by atoms with Gasteiger partial charge < -0.3 is 10.6 Å². The first-order chi connectivity index (χ1) is 16.0. The van der Waals surface area contributed by atoms with Gasteiger partial charge in [0.15, 0.2) is 0 Å². The summed E-state index contributed by atoms with van der Waals surface area (Å²) in [6, 6.07) is 6.15. The number of rotatable bonds is 6. The van der Waals surface area contributed by atoms with E-state index in [0.717, 1.165) is 30.8 Å². The van der Waals surface area contributed by atoms with Crippen LogP contribution in [-0.4, -0.2) is 64.0 Å².